The third-order valence-corrected chi connectivity index (χ3v) is 4.56. The van der Waals surface area contributed by atoms with Crippen molar-refractivity contribution in [3.8, 4) is 0 Å². The lowest BCUT2D eigenvalue weighted by Gasteiger charge is -2.00. The molecule has 0 spiro atoms. The zero-order valence-electron chi connectivity index (χ0n) is 10.7. The summed E-state index contributed by atoms with van der Waals surface area (Å²) in [4.78, 5) is 44.4. The van der Waals surface area contributed by atoms with Gasteiger partial charge in [0.2, 0.25) is 23.6 Å². The van der Waals surface area contributed by atoms with Crippen LogP contribution >= 0.6 is 23.5 Å². The zero-order chi connectivity index (χ0) is 15.2. The molecule has 2 unspecified atom stereocenters. The van der Waals surface area contributed by atoms with Crippen molar-refractivity contribution in [3.63, 3.8) is 0 Å². The number of hydrogen-bond donors (Lipinski definition) is 2. The molecule has 0 bridgehead atoms. The molecule has 21 heavy (non-hydrogen) atoms. The lowest BCUT2D eigenvalue weighted by molar-refractivity contribution is -0.126. The number of imide groups is 2. The molecule has 2 aliphatic rings. The summed E-state index contributed by atoms with van der Waals surface area (Å²) < 4.78 is 5.04. The highest BCUT2D eigenvalue weighted by atomic mass is 32.2. The Balaban J connectivity index is 1.63. The summed E-state index contributed by atoms with van der Waals surface area (Å²) in [7, 11) is 0. The Morgan fingerprint density at radius 1 is 0.857 bits per heavy atom. The van der Waals surface area contributed by atoms with Crippen molar-refractivity contribution in [2.75, 3.05) is 0 Å². The van der Waals surface area contributed by atoms with E-state index in [9.17, 15) is 19.2 Å². The van der Waals surface area contributed by atoms with Crippen LogP contribution in [0.2, 0.25) is 0 Å². The second-order valence-corrected chi connectivity index (χ2v) is 6.39. The van der Waals surface area contributed by atoms with Gasteiger partial charge in [-0.3, -0.25) is 29.8 Å². The molecule has 2 aliphatic heterocycles. The van der Waals surface area contributed by atoms with Gasteiger partial charge in [0.15, 0.2) is 0 Å². The molecule has 0 saturated carbocycles. The molecule has 112 valence electrons. The molecule has 2 saturated heterocycles. The Bertz CT molecular complexity index is 486. The number of hydrogen-bond acceptors (Lipinski definition) is 7. The highest BCUT2D eigenvalue weighted by molar-refractivity contribution is 8.03. The number of nitrogens with one attached hydrogen (secondary N) is 2. The quantitative estimate of drug-likeness (QED) is 0.532. The van der Waals surface area contributed by atoms with E-state index < -0.39 is 10.5 Å². The SMILES string of the molecule is O=C1CC(SC=COC=CSC2CC(=O)NC2=O)C(=O)N1. The molecule has 7 nitrogen and oxygen atoms in total. The highest BCUT2D eigenvalue weighted by Crippen LogP contribution is 2.21. The predicted octanol–water partition coefficient (Wildman–Crippen LogP) is 0.242. The molecule has 0 aromatic heterocycles. The van der Waals surface area contributed by atoms with Crippen molar-refractivity contribution < 1.29 is 23.9 Å². The zero-order valence-corrected chi connectivity index (χ0v) is 12.4. The normalized spacial score (nSPS) is 25.9. The first kappa shape index (κ1) is 15.6. The average molecular weight is 328 g/mol. The van der Waals surface area contributed by atoms with Gasteiger partial charge in [0.05, 0.1) is 23.0 Å². The van der Waals surface area contributed by atoms with Gasteiger partial charge in [-0.2, -0.15) is 0 Å². The van der Waals surface area contributed by atoms with Gasteiger partial charge in [-0.25, -0.2) is 0 Å². The van der Waals surface area contributed by atoms with Gasteiger partial charge in [-0.15, -0.1) is 23.5 Å². The molecular formula is C12H12N2O5S2. The molecule has 2 fully saturated rings. The van der Waals surface area contributed by atoms with Crippen LogP contribution < -0.4 is 10.6 Å². The van der Waals surface area contributed by atoms with Gasteiger partial charge in [0.25, 0.3) is 0 Å². The van der Waals surface area contributed by atoms with E-state index in [2.05, 4.69) is 10.6 Å². The summed E-state index contributed by atoms with van der Waals surface area (Å²) in [5.74, 6) is -1.13. The summed E-state index contributed by atoms with van der Waals surface area (Å²) in [6.45, 7) is 0. The maximum absolute atomic E-state index is 11.2. The Labute approximate surface area is 128 Å². The summed E-state index contributed by atoms with van der Waals surface area (Å²) >= 11 is 2.38. The van der Waals surface area contributed by atoms with Crippen LogP contribution in [0, 0.1) is 0 Å². The maximum atomic E-state index is 11.2. The van der Waals surface area contributed by atoms with Gasteiger partial charge in [-0.05, 0) is 0 Å². The molecular weight excluding hydrogens is 316 g/mol. The molecule has 2 atom stereocenters. The van der Waals surface area contributed by atoms with E-state index in [1.54, 1.807) is 10.8 Å². The van der Waals surface area contributed by atoms with E-state index in [0.717, 1.165) is 0 Å². The number of carbonyl (C=O) groups excluding carboxylic acids is 4. The summed E-state index contributed by atoms with van der Waals surface area (Å²) in [5, 5.41) is 6.74. The third-order valence-electron chi connectivity index (χ3n) is 2.61. The Hall–Kier alpha value is -1.74. The second kappa shape index (κ2) is 7.32. The first-order valence-electron chi connectivity index (χ1n) is 6.00. The standard InChI is InChI=1S/C12H12N2O5S2/c15-9-5-7(11(17)13-9)20-3-1-19-2-4-21-8-6-10(16)14-12(8)18/h1-4,7-8H,5-6H2,(H,13,15,17)(H,14,16,18). The van der Waals surface area contributed by atoms with Crippen LogP contribution in [0.5, 0.6) is 0 Å². The molecule has 2 N–H and O–H groups in total. The van der Waals surface area contributed by atoms with Crippen LogP contribution in [0.15, 0.2) is 23.3 Å². The van der Waals surface area contributed by atoms with Crippen LogP contribution in [-0.4, -0.2) is 34.1 Å². The smallest absolute Gasteiger partial charge is 0.240 e. The molecule has 2 rings (SSSR count). The van der Waals surface area contributed by atoms with Crippen molar-refractivity contribution in [2.24, 2.45) is 0 Å². The van der Waals surface area contributed by atoms with Crippen LogP contribution in [0.3, 0.4) is 0 Å². The second-order valence-electron chi connectivity index (χ2n) is 4.16. The topological polar surface area (TPSA) is 102 Å². The van der Waals surface area contributed by atoms with Crippen LogP contribution in [0.4, 0.5) is 0 Å². The molecule has 2 heterocycles. The molecule has 0 aromatic rings. The Morgan fingerprint density at radius 3 is 1.62 bits per heavy atom. The van der Waals surface area contributed by atoms with Crippen molar-refractivity contribution in [1.82, 2.24) is 10.6 Å². The fourth-order valence-corrected chi connectivity index (χ4v) is 3.14. The fraction of sp³-hybridized carbons (Fsp3) is 0.333. The minimum Gasteiger partial charge on any atom is -0.472 e. The number of thioether (sulfide) groups is 2. The molecule has 4 amide bonds. The third kappa shape index (κ3) is 4.64. The summed E-state index contributed by atoms with van der Waals surface area (Å²) in [5.41, 5.74) is 0. The first-order valence-corrected chi connectivity index (χ1v) is 7.88. The first-order chi connectivity index (χ1) is 10.1. The fourth-order valence-electron chi connectivity index (χ4n) is 1.64. The lowest BCUT2D eigenvalue weighted by Crippen LogP contribution is -2.22. The number of carbonyl (C=O) groups is 4. The maximum Gasteiger partial charge on any atom is 0.240 e. The van der Waals surface area contributed by atoms with E-state index >= 15 is 0 Å². The van der Waals surface area contributed by atoms with Gasteiger partial charge in [0.1, 0.15) is 0 Å². The Morgan fingerprint density at radius 2 is 1.29 bits per heavy atom. The number of amides is 4. The van der Waals surface area contributed by atoms with Crippen LogP contribution in [0.1, 0.15) is 12.8 Å². The van der Waals surface area contributed by atoms with E-state index in [-0.39, 0.29) is 36.5 Å². The molecule has 0 aromatic carbocycles. The van der Waals surface area contributed by atoms with Crippen molar-refractivity contribution >= 4 is 47.2 Å². The number of rotatable bonds is 6. The lowest BCUT2D eigenvalue weighted by atomic mass is 10.4. The van der Waals surface area contributed by atoms with Crippen molar-refractivity contribution in [1.29, 1.82) is 0 Å². The van der Waals surface area contributed by atoms with Gasteiger partial charge < -0.3 is 4.74 Å². The van der Waals surface area contributed by atoms with Gasteiger partial charge >= 0.3 is 0 Å². The van der Waals surface area contributed by atoms with Crippen LogP contribution in [-0.2, 0) is 23.9 Å². The summed E-state index contributed by atoms with van der Waals surface area (Å²) in [6.07, 6.45) is 3.09. The van der Waals surface area contributed by atoms with E-state index in [1.807, 2.05) is 0 Å². The average Bonchev–Trinajstić information content (AvgIpc) is 2.90. The Kier molecular flexibility index (Phi) is 5.45. The van der Waals surface area contributed by atoms with Crippen molar-refractivity contribution in [2.45, 2.75) is 23.3 Å². The molecule has 0 aliphatic carbocycles. The minimum absolute atomic E-state index is 0.171. The predicted molar refractivity (Wildman–Crippen MR) is 77.7 cm³/mol. The van der Waals surface area contributed by atoms with Crippen LogP contribution in [0.25, 0.3) is 0 Å². The van der Waals surface area contributed by atoms with Gasteiger partial charge in [0, 0.05) is 23.7 Å². The highest BCUT2D eigenvalue weighted by Gasteiger charge is 2.30. The monoisotopic (exact) mass is 328 g/mol. The van der Waals surface area contributed by atoms with Crippen molar-refractivity contribution in [3.05, 3.63) is 23.3 Å². The summed E-state index contributed by atoms with van der Waals surface area (Å²) in [6, 6.07) is 0. The minimum atomic E-state index is -0.413. The molecule has 9 heteroatoms. The van der Waals surface area contributed by atoms with E-state index in [4.69, 9.17) is 4.74 Å². The van der Waals surface area contributed by atoms with E-state index in [0.29, 0.717) is 0 Å². The van der Waals surface area contributed by atoms with E-state index in [1.165, 1.54) is 36.0 Å². The molecule has 0 radical (unpaired) electrons. The largest absolute Gasteiger partial charge is 0.472 e. The van der Waals surface area contributed by atoms with Gasteiger partial charge in [-0.1, -0.05) is 0 Å². The number of ether oxygens (including phenoxy) is 1.